The molecule has 0 radical (unpaired) electrons. The van der Waals surface area contributed by atoms with Gasteiger partial charge in [0.15, 0.2) is 11.5 Å². The number of benzene rings is 2. The van der Waals surface area contributed by atoms with E-state index >= 15 is 0 Å². The molecule has 2 aromatic carbocycles. The summed E-state index contributed by atoms with van der Waals surface area (Å²) in [6, 6.07) is 8.15. The van der Waals surface area contributed by atoms with Gasteiger partial charge in [0, 0.05) is 6.54 Å². The molecule has 9 heteroatoms. The fraction of sp³-hybridized carbons (Fsp3) is 0.360. The molecule has 1 amide bonds. The number of carbonyl (C=O) groups excluding carboxylic acids is 2. The standard InChI is InChI=1S/C25H28Cl2N2O5/c1-14-8-6-9-15(12-14)20-18(22(31)25(32)29(20)11-7-10-28(2)3)21(30)16-13-17(26)24(34-5)19(27)23(16)33-4/h6,8-9,12-13,20,30H,7,10-11H2,1-5H3/b21-18+. The Bertz CT molecular complexity index is 1150. The Labute approximate surface area is 209 Å². The van der Waals surface area contributed by atoms with Crippen molar-refractivity contribution in [1.29, 1.82) is 0 Å². The summed E-state index contributed by atoms with van der Waals surface area (Å²) >= 11 is 12.7. The van der Waals surface area contributed by atoms with Crippen LogP contribution in [0.1, 0.15) is 29.2 Å². The van der Waals surface area contributed by atoms with Crippen LogP contribution in [0.5, 0.6) is 11.5 Å². The molecule has 1 aliphatic heterocycles. The summed E-state index contributed by atoms with van der Waals surface area (Å²) < 4.78 is 10.6. The minimum absolute atomic E-state index is 0.0453. The number of carbonyl (C=O) groups is 2. The van der Waals surface area contributed by atoms with Gasteiger partial charge in [0.1, 0.15) is 10.8 Å². The summed E-state index contributed by atoms with van der Waals surface area (Å²) in [7, 11) is 6.66. The van der Waals surface area contributed by atoms with E-state index < -0.39 is 23.5 Å². The molecule has 1 atom stereocenters. The first-order valence-corrected chi connectivity index (χ1v) is 11.5. The van der Waals surface area contributed by atoms with Crippen LogP contribution in [0.3, 0.4) is 0 Å². The molecule has 0 saturated carbocycles. The number of rotatable bonds is 8. The van der Waals surface area contributed by atoms with Crippen LogP contribution in [0.25, 0.3) is 5.76 Å². The summed E-state index contributed by atoms with van der Waals surface area (Å²) in [5.41, 5.74) is 1.73. The van der Waals surface area contributed by atoms with Crippen molar-refractivity contribution >= 4 is 40.7 Å². The summed E-state index contributed by atoms with van der Waals surface area (Å²) in [6.07, 6.45) is 0.659. The molecule has 0 aliphatic carbocycles. The van der Waals surface area contributed by atoms with Crippen LogP contribution in [-0.2, 0) is 9.59 Å². The van der Waals surface area contributed by atoms with E-state index in [0.717, 1.165) is 17.7 Å². The van der Waals surface area contributed by atoms with E-state index in [4.69, 9.17) is 32.7 Å². The van der Waals surface area contributed by atoms with Crippen LogP contribution >= 0.6 is 23.2 Å². The predicted octanol–water partition coefficient (Wildman–Crippen LogP) is 4.69. The second-order valence-corrected chi connectivity index (χ2v) is 9.14. The Morgan fingerprint density at radius 2 is 1.79 bits per heavy atom. The lowest BCUT2D eigenvalue weighted by molar-refractivity contribution is -0.139. The normalized spacial score (nSPS) is 17.5. The largest absolute Gasteiger partial charge is 0.507 e. The average Bonchev–Trinajstić information content (AvgIpc) is 3.03. The van der Waals surface area contributed by atoms with E-state index in [9.17, 15) is 14.7 Å². The monoisotopic (exact) mass is 506 g/mol. The van der Waals surface area contributed by atoms with Gasteiger partial charge in [-0.3, -0.25) is 9.59 Å². The summed E-state index contributed by atoms with van der Waals surface area (Å²) in [4.78, 5) is 29.8. The van der Waals surface area contributed by atoms with Crippen molar-refractivity contribution in [3.05, 3.63) is 62.6 Å². The highest BCUT2D eigenvalue weighted by Crippen LogP contribution is 2.47. The van der Waals surface area contributed by atoms with Crippen LogP contribution in [0.4, 0.5) is 0 Å². The lowest BCUT2D eigenvalue weighted by Crippen LogP contribution is -2.32. The lowest BCUT2D eigenvalue weighted by atomic mass is 9.94. The number of hydrogen-bond acceptors (Lipinski definition) is 6. The maximum absolute atomic E-state index is 13.2. The van der Waals surface area contributed by atoms with E-state index in [1.165, 1.54) is 25.2 Å². The number of halogens is 2. The van der Waals surface area contributed by atoms with Crippen LogP contribution in [0.2, 0.25) is 10.0 Å². The number of ether oxygens (including phenoxy) is 2. The van der Waals surface area contributed by atoms with E-state index in [-0.39, 0.29) is 32.7 Å². The quantitative estimate of drug-likeness (QED) is 0.317. The molecule has 1 N–H and O–H groups in total. The molecule has 0 bridgehead atoms. The maximum Gasteiger partial charge on any atom is 0.295 e. The van der Waals surface area contributed by atoms with Gasteiger partial charge in [-0.25, -0.2) is 0 Å². The Kier molecular flexibility index (Phi) is 8.13. The summed E-state index contributed by atoms with van der Waals surface area (Å²) in [5, 5.41) is 11.6. The predicted molar refractivity (Wildman–Crippen MR) is 133 cm³/mol. The van der Waals surface area contributed by atoms with Crippen molar-refractivity contribution in [3.8, 4) is 11.5 Å². The Morgan fingerprint density at radius 1 is 1.12 bits per heavy atom. The Hall–Kier alpha value is -2.74. The smallest absolute Gasteiger partial charge is 0.295 e. The van der Waals surface area contributed by atoms with Gasteiger partial charge in [-0.1, -0.05) is 53.0 Å². The number of methoxy groups -OCH3 is 2. The van der Waals surface area contributed by atoms with Crippen molar-refractivity contribution in [2.45, 2.75) is 19.4 Å². The van der Waals surface area contributed by atoms with Crippen molar-refractivity contribution in [2.24, 2.45) is 0 Å². The Balaban J connectivity index is 2.23. The Morgan fingerprint density at radius 3 is 2.38 bits per heavy atom. The van der Waals surface area contributed by atoms with Crippen LogP contribution in [0, 0.1) is 6.92 Å². The van der Waals surface area contributed by atoms with Crippen LogP contribution < -0.4 is 9.47 Å². The topological polar surface area (TPSA) is 79.3 Å². The van der Waals surface area contributed by atoms with Crippen molar-refractivity contribution in [2.75, 3.05) is 41.4 Å². The van der Waals surface area contributed by atoms with Gasteiger partial charge in [-0.2, -0.15) is 0 Å². The van der Waals surface area contributed by atoms with Crippen LogP contribution in [0.15, 0.2) is 35.9 Å². The maximum atomic E-state index is 13.2. The third-order valence-electron chi connectivity index (χ3n) is 5.70. The fourth-order valence-corrected chi connectivity index (χ4v) is 4.83. The van der Waals surface area contributed by atoms with Crippen molar-refractivity contribution in [1.82, 2.24) is 9.80 Å². The average molecular weight is 507 g/mol. The molecule has 0 spiro atoms. The second kappa shape index (κ2) is 10.7. The number of Topliss-reactive ketones (excluding diaryl/α,β-unsaturated/α-hetero) is 1. The molecule has 1 aliphatic rings. The number of nitrogens with zero attached hydrogens (tertiary/aromatic N) is 2. The third-order valence-corrected chi connectivity index (χ3v) is 6.32. The first kappa shape index (κ1) is 25.9. The molecule has 1 unspecified atom stereocenters. The zero-order valence-electron chi connectivity index (χ0n) is 19.8. The molecule has 34 heavy (non-hydrogen) atoms. The zero-order valence-corrected chi connectivity index (χ0v) is 21.3. The molecule has 1 heterocycles. The summed E-state index contributed by atoms with van der Waals surface area (Å²) in [6.45, 7) is 3.01. The number of aliphatic hydroxyl groups is 1. The van der Waals surface area contributed by atoms with Crippen molar-refractivity contribution < 1.29 is 24.2 Å². The number of hydrogen-bond donors (Lipinski definition) is 1. The summed E-state index contributed by atoms with van der Waals surface area (Å²) in [5.74, 6) is -1.60. The fourth-order valence-electron chi connectivity index (χ4n) is 4.15. The molecule has 182 valence electrons. The molecule has 3 rings (SSSR count). The van der Waals surface area contributed by atoms with Gasteiger partial charge in [-0.15, -0.1) is 0 Å². The molecule has 7 nitrogen and oxygen atoms in total. The molecule has 1 fully saturated rings. The highest BCUT2D eigenvalue weighted by atomic mass is 35.5. The molecule has 1 saturated heterocycles. The highest BCUT2D eigenvalue weighted by molar-refractivity contribution is 6.47. The lowest BCUT2D eigenvalue weighted by Gasteiger charge is -2.26. The van der Waals surface area contributed by atoms with E-state index in [0.29, 0.717) is 13.0 Å². The van der Waals surface area contributed by atoms with Gasteiger partial charge in [-0.05, 0) is 45.6 Å². The van der Waals surface area contributed by atoms with Gasteiger partial charge in [0.05, 0.1) is 36.4 Å². The number of ketones is 1. The SMILES string of the molecule is COc1c(Cl)cc(/C(O)=C2\C(=O)C(=O)N(CCCN(C)C)C2c2cccc(C)c2)c(OC)c1Cl. The third kappa shape index (κ3) is 4.87. The number of amides is 1. The molecular formula is C25H28Cl2N2O5. The van der Waals surface area contributed by atoms with Gasteiger partial charge < -0.3 is 24.4 Å². The number of aliphatic hydroxyl groups excluding tert-OH is 1. The number of aryl methyl sites for hydroxylation is 1. The van der Waals surface area contributed by atoms with Gasteiger partial charge in [0.2, 0.25) is 0 Å². The van der Waals surface area contributed by atoms with Crippen LogP contribution in [-0.4, -0.2) is 68.0 Å². The number of likely N-dealkylation sites (tertiary alicyclic amines) is 1. The van der Waals surface area contributed by atoms with E-state index in [1.807, 2.05) is 50.2 Å². The molecule has 0 aromatic heterocycles. The zero-order chi connectivity index (χ0) is 25.2. The van der Waals surface area contributed by atoms with Gasteiger partial charge >= 0.3 is 0 Å². The van der Waals surface area contributed by atoms with Crippen molar-refractivity contribution in [3.63, 3.8) is 0 Å². The molecular weight excluding hydrogens is 479 g/mol. The van der Waals surface area contributed by atoms with Gasteiger partial charge in [0.25, 0.3) is 11.7 Å². The highest BCUT2D eigenvalue weighted by Gasteiger charge is 2.46. The van der Waals surface area contributed by atoms with E-state index in [2.05, 4.69) is 0 Å². The second-order valence-electron chi connectivity index (χ2n) is 8.35. The minimum atomic E-state index is -0.779. The first-order valence-electron chi connectivity index (χ1n) is 10.7. The minimum Gasteiger partial charge on any atom is -0.507 e. The van der Waals surface area contributed by atoms with E-state index in [1.54, 1.807) is 0 Å². The first-order chi connectivity index (χ1) is 16.1. The molecule has 2 aromatic rings.